The number of nitrogens with one attached hydrogen (secondary N) is 1. The lowest BCUT2D eigenvalue weighted by atomic mass is 10.1. The van der Waals surface area contributed by atoms with Gasteiger partial charge in [0.2, 0.25) is 0 Å². The van der Waals surface area contributed by atoms with Crippen molar-refractivity contribution in [3.8, 4) is 11.5 Å². The Hall–Kier alpha value is -3.62. The molecule has 0 spiro atoms. The fourth-order valence-corrected chi connectivity index (χ4v) is 2.50. The van der Waals surface area contributed by atoms with Gasteiger partial charge in [-0.05, 0) is 12.5 Å². The average molecular weight is 388 g/mol. The molecule has 0 aliphatic carbocycles. The molecule has 0 bridgehead atoms. The number of amides is 1. The highest BCUT2D eigenvalue weighted by atomic mass is 16.6. The summed E-state index contributed by atoms with van der Waals surface area (Å²) in [6.07, 6.45) is 0. The van der Waals surface area contributed by atoms with Gasteiger partial charge in [-0.3, -0.25) is 14.9 Å². The molecule has 2 aromatic carbocycles. The largest absolute Gasteiger partial charge is 0.493 e. The molecule has 0 radical (unpaired) electrons. The van der Waals surface area contributed by atoms with Crippen molar-refractivity contribution in [2.24, 2.45) is 0 Å². The first-order valence-electron chi connectivity index (χ1n) is 8.29. The highest BCUT2D eigenvalue weighted by Gasteiger charge is 2.26. The Balaban J connectivity index is 2.08. The van der Waals surface area contributed by atoms with Crippen molar-refractivity contribution >= 4 is 17.6 Å². The molecule has 2 aromatic rings. The van der Waals surface area contributed by atoms with E-state index < -0.39 is 29.1 Å². The van der Waals surface area contributed by atoms with Gasteiger partial charge in [-0.15, -0.1) is 0 Å². The van der Waals surface area contributed by atoms with Gasteiger partial charge < -0.3 is 19.5 Å². The molecular formula is C19H20N2O7. The molecule has 1 atom stereocenters. The van der Waals surface area contributed by atoms with E-state index in [0.717, 1.165) is 17.7 Å². The second kappa shape index (κ2) is 9.36. The molecule has 0 aliphatic heterocycles. The highest BCUT2D eigenvalue weighted by molar-refractivity contribution is 5.96. The van der Waals surface area contributed by atoms with Gasteiger partial charge in [-0.25, -0.2) is 4.79 Å². The molecule has 9 nitrogen and oxygen atoms in total. The SMILES string of the molecule is COc1cc(C(=O)OCC(=O)NC(C)c2ccccc2)c([N+](=O)[O-])cc1OC. The third-order valence-corrected chi connectivity index (χ3v) is 3.93. The molecule has 9 heteroatoms. The smallest absolute Gasteiger partial charge is 0.345 e. The van der Waals surface area contributed by atoms with Crippen LogP contribution in [0.15, 0.2) is 42.5 Å². The molecule has 28 heavy (non-hydrogen) atoms. The van der Waals surface area contributed by atoms with Crippen molar-refractivity contribution in [2.75, 3.05) is 20.8 Å². The predicted molar refractivity (Wildman–Crippen MR) is 99.5 cm³/mol. The van der Waals surface area contributed by atoms with E-state index in [2.05, 4.69) is 5.32 Å². The lowest BCUT2D eigenvalue weighted by Crippen LogP contribution is -2.31. The van der Waals surface area contributed by atoms with E-state index in [1.807, 2.05) is 30.3 Å². The monoisotopic (exact) mass is 388 g/mol. The van der Waals surface area contributed by atoms with Crippen LogP contribution in [0, 0.1) is 10.1 Å². The van der Waals surface area contributed by atoms with Gasteiger partial charge in [0.25, 0.3) is 11.6 Å². The maximum Gasteiger partial charge on any atom is 0.345 e. The fraction of sp³-hybridized carbons (Fsp3) is 0.263. The Kier molecular flexibility index (Phi) is 6.91. The Morgan fingerprint density at radius 3 is 2.29 bits per heavy atom. The van der Waals surface area contributed by atoms with Crippen LogP contribution in [0.5, 0.6) is 11.5 Å². The zero-order chi connectivity index (χ0) is 20.7. The molecule has 0 aromatic heterocycles. The number of ether oxygens (including phenoxy) is 3. The third-order valence-electron chi connectivity index (χ3n) is 3.93. The van der Waals surface area contributed by atoms with Crippen LogP contribution in [0.3, 0.4) is 0 Å². The van der Waals surface area contributed by atoms with E-state index in [9.17, 15) is 19.7 Å². The maximum absolute atomic E-state index is 12.3. The summed E-state index contributed by atoms with van der Waals surface area (Å²) in [7, 11) is 2.65. The standard InChI is InChI=1S/C19H20N2O7/c1-12(13-7-5-4-6-8-13)20-18(22)11-28-19(23)14-9-16(26-2)17(27-3)10-15(14)21(24)25/h4-10,12H,11H2,1-3H3,(H,20,22). The molecule has 2 rings (SSSR count). The summed E-state index contributed by atoms with van der Waals surface area (Å²) in [4.78, 5) is 34.8. The number of carbonyl (C=O) groups is 2. The lowest BCUT2D eigenvalue weighted by molar-refractivity contribution is -0.385. The zero-order valence-electron chi connectivity index (χ0n) is 15.6. The van der Waals surface area contributed by atoms with Gasteiger partial charge in [0.15, 0.2) is 18.1 Å². The van der Waals surface area contributed by atoms with E-state index in [-0.39, 0.29) is 23.1 Å². The van der Waals surface area contributed by atoms with Gasteiger partial charge in [-0.2, -0.15) is 0 Å². The summed E-state index contributed by atoms with van der Waals surface area (Å²) < 4.78 is 15.0. The Morgan fingerprint density at radius 2 is 1.71 bits per heavy atom. The predicted octanol–water partition coefficient (Wildman–Crippen LogP) is 2.65. The van der Waals surface area contributed by atoms with Crippen molar-refractivity contribution in [3.63, 3.8) is 0 Å². The van der Waals surface area contributed by atoms with Crippen molar-refractivity contribution < 1.29 is 28.7 Å². The van der Waals surface area contributed by atoms with Crippen LogP contribution in [0.25, 0.3) is 0 Å². The summed E-state index contributed by atoms with van der Waals surface area (Å²) in [6, 6.07) is 11.2. The van der Waals surface area contributed by atoms with Gasteiger partial charge in [0, 0.05) is 6.07 Å². The zero-order valence-corrected chi connectivity index (χ0v) is 15.6. The van der Waals surface area contributed by atoms with Crippen LogP contribution in [-0.4, -0.2) is 37.6 Å². The molecule has 1 unspecified atom stereocenters. The van der Waals surface area contributed by atoms with Gasteiger partial charge in [-0.1, -0.05) is 30.3 Å². The first kappa shape index (κ1) is 20.7. The first-order valence-corrected chi connectivity index (χ1v) is 8.29. The van der Waals surface area contributed by atoms with Gasteiger partial charge >= 0.3 is 5.97 Å². The molecule has 1 amide bonds. The van der Waals surface area contributed by atoms with E-state index in [4.69, 9.17) is 14.2 Å². The van der Waals surface area contributed by atoms with Crippen molar-refractivity contribution in [2.45, 2.75) is 13.0 Å². The van der Waals surface area contributed by atoms with Crippen LogP contribution in [0.4, 0.5) is 5.69 Å². The lowest BCUT2D eigenvalue weighted by Gasteiger charge is -2.14. The molecule has 148 valence electrons. The average Bonchev–Trinajstić information content (AvgIpc) is 2.71. The number of nitro groups is 1. The maximum atomic E-state index is 12.3. The first-order chi connectivity index (χ1) is 13.4. The summed E-state index contributed by atoms with van der Waals surface area (Å²) in [6.45, 7) is 1.20. The molecule has 0 saturated carbocycles. The van der Waals surface area contributed by atoms with E-state index in [1.165, 1.54) is 14.2 Å². The second-order valence-corrected chi connectivity index (χ2v) is 5.76. The van der Waals surface area contributed by atoms with Gasteiger partial charge in [0.05, 0.1) is 31.3 Å². The van der Waals surface area contributed by atoms with Crippen LogP contribution in [-0.2, 0) is 9.53 Å². The Bertz CT molecular complexity index is 868. The number of benzene rings is 2. The van der Waals surface area contributed by atoms with Crippen LogP contribution in [0.2, 0.25) is 0 Å². The van der Waals surface area contributed by atoms with Crippen molar-refractivity contribution in [3.05, 3.63) is 63.7 Å². The number of hydrogen-bond donors (Lipinski definition) is 1. The molecule has 0 saturated heterocycles. The van der Waals surface area contributed by atoms with Crippen LogP contribution < -0.4 is 14.8 Å². The number of carbonyl (C=O) groups excluding carboxylic acids is 2. The Labute approximate surface area is 161 Å². The van der Waals surface area contributed by atoms with Crippen LogP contribution in [0.1, 0.15) is 28.9 Å². The topological polar surface area (TPSA) is 117 Å². The van der Waals surface area contributed by atoms with E-state index in [0.29, 0.717) is 0 Å². The fourth-order valence-electron chi connectivity index (χ4n) is 2.50. The minimum absolute atomic E-state index is 0.0974. The summed E-state index contributed by atoms with van der Waals surface area (Å²) >= 11 is 0. The quantitative estimate of drug-likeness (QED) is 0.420. The molecule has 0 heterocycles. The summed E-state index contributed by atoms with van der Waals surface area (Å²) in [5.41, 5.74) is 0.0324. The minimum Gasteiger partial charge on any atom is -0.493 e. The number of rotatable bonds is 8. The number of nitrogens with zero attached hydrogens (tertiary/aromatic N) is 1. The Morgan fingerprint density at radius 1 is 1.11 bits per heavy atom. The highest BCUT2D eigenvalue weighted by Crippen LogP contribution is 2.34. The minimum atomic E-state index is -1.02. The normalized spacial score (nSPS) is 11.2. The van der Waals surface area contributed by atoms with Crippen molar-refractivity contribution in [1.82, 2.24) is 5.32 Å². The second-order valence-electron chi connectivity index (χ2n) is 5.76. The number of hydrogen-bond acceptors (Lipinski definition) is 7. The van der Waals surface area contributed by atoms with Crippen molar-refractivity contribution in [1.29, 1.82) is 0 Å². The molecule has 0 aliphatic rings. The summed E-state index contributed by atoms with van der Waals surface area (Å²) in [5, 5.41) is 13.9. The van der Waals surface area contributed by atoms with E-state index >= 15 is 0 Å². The summed E-state index contributed by atoms with van der Waals surface area (Å²) in [5.74, 6) is -1.33. The van der Waals surface area contributed by atoms with Gasteiger partial charge in [0.1, 0.15) is 5.56 Å². The molecular weight excluding hydrogens is 368 g/mol. The van der Waals surface area contributed by atoms with Crippen LogP contribution >= 0.6 is 0 Å². The van der Waals surface area contributed by atoms with E-state index in [1.54, 1.807) is 6.92 Å². The molecule has 0 fully saturated rings. The number of nitro benzene ring substituents is 1. The molecule has 1 N–H and O–H groups in total. The number of methoxy groups -OCH3 is 2. The number of esters is 1. The third kappa shape index (κ3) is 4.97.